The van der Waals surface area contributed by atoms with Crippen molar-refractivity contribution in [2.45, 2.75) is 0 Å². The van der Waals surface area contributed by atoms with Crippen molar-refractivity contribution in [2.24, 2.45) is 5.84 Å². The van der Waals surface area contributed by atoms with E-state index in [9.17, 15) is 4.79 Å². The van der Waals surface area contributed by atoms with Crippen molar-refractivity contribution in [3.8, 4) is 11.4 Å². The Balaban J connectivity index is 2.32. The van der Waals surface area contributed by atoms with Crippen LogP contribution in [0.1, 0.15) is 0 Å². The molecule has 22 heavy (non-hydrogen) atoms. The van der Waals surface area contributed by atoms with E-state index in [1.165, 1.54) is 4.57 Å². The molecule has 0 aliphatic carbocycles. The van der Waals surface area contributed by atoms with Crippen molar-refractivity contribution in [3.05, 3.63) is 56.4 Å². The first kappa shape index (κ1) is 14.8. The van der Waals surface area contributed by atoms with E-state index in [1.807, 2.05) is 12.1 Å². The van der Waals surface area contributed by atoms with E-state index < -0.39 is 0 Å². The third-order valence-corrected chi connectivity index (χ3v) is 4.18. The van der Waals surface area contributed by atoms with Gasteiger partial charge in [-0.3, -0.25) is 10.2 Å². The molecule has 0 saturated carbocycles. The molecule has 2 aromatic carbocycles. The SMILES string of the molecule is COc1ccc(-n2c(NN)nc3c(I)cccc3c2=O)cc1. The predicted molar refractivity (Wildman–Crippen MR) is 94.4 cm³/mol. The lowest BCUT2D eigenvalue weighted by atomic mass is 10.2. The second-order valence-electron chi connectivity index (χ2n) is 4.55. The number of anilines is 1. The molecular weight excluding hydrogens is 395 g/mol. The first-order valence-electron chi connectivity index (χ1n) is 6.48. The first-order valence-corrected chi connectivity index (χ1v) is 7.56. The minimum absolute atomic E-state index is 0.179. The fraction of sp³-hybridized carbons (Fsp3) is 0.0667. The minimum Gasteiger partial charge on any atom is -0.497 e. The van der Waals surface area contributed by atoms with Crippen LogP contribution in [0.15, 0.2) is 47.3 Å². The third-order valence-electron chi connectivity index (χ3n) is 3.31. The van der Waals surface area contributed by atoms with Crippen molar-refractivity contribution < 1.29 is 4.74 Å². The fourth-order valence-electron chi connectivity index (χ4n) is 2.24. The van der Waals surface area contributed by atoms with Gasteiger partial charge in [-0.1, -0.05) is 6.07 Å². The number of benzene rings is 2. The summed E-state index contributed by atoms with van der Waals surface area (Å²) < 4.78 is 7.47. The molecule has 0 amide bonds. The van der Waals surface area contributed by atoms with E-state index in [1.54, 1.807) is 37.4 Å². The minimum atomic E-state index is -0.179. The number of ether oxygens (including phenoxy) is 1. The highest BCUT2D eigenvalue weighted by Crippen LogP contribution is 2.21. The van der Waals surface area contributed by atoms with Gasteiger partial charge in [0.05, 0.1) is 23.7 Å². The number of halogens is 1. The number of hydrazine groups is 1. The Morgan fingerprint density at radius 3 is 2.59 bits per heavy atom. The number of rotatable bonds is 3. The van der Waals surface area contributed by atoms with Crippen molar-refractivity contribution >= 4 is 39.4 Å². The first-order chi connectivity index (χ1) is 10.7. The number of methoxy groups -OCH3 is 1. The van der Waals surface area contributed by atoms with E-state index in [0.717, 1.165) is 3.57 Å². The Morgan fingerprint density at radius 1 is 1.23 bits per heavy atom. The van der Waals surface area contributed by atoms with Crippen LogP contribution in [0.3, 0.4) is 0 Å². The molecule has 0 fully saturated rings. The molecule has 3 rings (SSSR count). The Hall–Kier alpha value is -2.13. The molecule has 7 heteroatoms. The Labute approximate surface area is 140 Å². The van der Waals surface area contributed by atoms with Gasteiger partial charge >= 0.3 is 0 Å². The molecule has 112 valence electrons. The molecule has 0 saturated heterocycles. The second-order valence-corrected chi connectivity index (χ2v) is 5.72. The molecule has 0 atom stereocenters. The summed E-state index contributed by atoms with van der Waals surface area (Å²) in [6, 6.07) is 12.6. The van der Waals surface area contributed by atoms with Gasteiger partial charge < -0.3 is 4.74 Å². The average Bonchev–Trinajstić information content (AvgIpc) is 2.55. The highest BCUT2D eigenvalue weighted by Gasteiger charge is 2.13. The standard InChI is InChI=1S/C15H13IN4O2/c1-22-10-7-5-9(6-8-10)20-14(21)11-3-2-4-12(16)13(11)18-15(20)19-17/h2-8H,17H2,1H3,(H,18,19). The lowest BCUT2D eigenvalue weighted by Crippen LogP contribution is -2.26. The van der Waals surface area contributed by atoms with Crippen LogP contribution in [-0.4, -0.2) is 16.7 Å². The van der Waals surface area contributed by atoms with E-state index in [4.69, 9.17) is 10.6 Å². The van der Waals surface area contributed by atoms with Gasteiger partial charge in [0, 0.05) is 3.57 Å². The number of nitrogens with zero attached hydrogens (tertiary/aromatic N) is 2. The molecule has 0 aliphatic heterocycles. The number of nitrogen functional groups attached to an aromatic ring is 1. The largest absolute Gasteiger partial charge is 0.497 e. The molecular formula is C15H13IN4O2. The fourth-order valence-corrected chi connectivity index (χ4v) is 2.86. The topological polar surface area (TPSA) is 82.2 Å². The molecule has 6 nitrogen and oxygen atoms in total. The zero-order valence-electron chi connectivity index (χ0n) is 11.7. The maximum absolute atomic E-state index is 12.8. The maximum atomic E-state index is 12.8. The van der Waals surface area contributed by atoms with Gasteiger partial charge in [-0.15, -0.1) is 0 Å². The van der Waals surface area contributed by atoms with Crippen molar-refractivity contribution in [3.63, 3.8) is 0 Å². The normalized spacial score (nSPS) is 10.7. The molecule has 3 N–H and O–H groups in total. The molecule has 3 aromatic rings. The Bertz CT molecular complexity index is 890. The smallest absolute Gasteiger partial charge is 0.267 e. The molecule has 0 bridgehead atoms. The van der Waals surface area contributed by atoms with E-state index in [0.29, 0.717) is 22.3 Å². The van der Waals surface area contributed by atoms with Gasteiger partial charge in [-0.05, 0) is 59.0 Å². The Kier molecular flexibility index (Phi) is 3.99. The summed E-state index contributed by atoms with van der Waals surface area (Å²) in [5.41, 5.74) is 3.61. The third kappa shape index (κ3) is 2.42. The van der Waals surface area contributed by atoms with Crippen LogP contribution >= 0.6 is 22.6 Å². The van der Waals surface area contributed by atoms with Gasteiger partial charge in [-0.2, -0.15) is 0 Å². The summed E-state index contributed by atoms with van der Waals surface area (Å²) in [5.74, 6) is 6.55. The molecule has 0 unspecified atom stereocenters. The number of aromatic nitrogens is 2. The van der Waals surface area contributed by atoms with Crippen LogP contribution in [0.4, 0.5) is 5.95 Å². The molecule has 0 aliphatic rings. The number of hydrogen-bond acceptors (Lipinski definition) is 5. The lowest BCUT2D eigenvalue weighted by molar-refractivity contribution is 0.414. The quantitative estimate of drug-likeness (QED) is 0.395. The van der Waals surface area contributed by atoms with Crippen LogP contribution in [-0.2, 0) is 0 Å². The van der Waals surface area contributed by atoms with Gasteiger partial charge in [-0.25, -0.2) is 15.4 Å². The monoisotopic (exact) mass is 408 g/mol. The van der Waals surface area contributed by atoms with Gasteiger partial charge in [0.2, 0.25) is 5.95 Å². The number of para-hydroxylation sites is 1. The van der Waals surface area contributed by atoms with Crippen LogP contribution in [0.5, 0.6) is 5.75 Å². The molecule has 0 radical (unpaired) electrons. The summed E-state index contributed by atoms with van der Waals surface area (Å²) in [7, 11) is 1.59. The second kappa shape index (κ2) is 5.93. The zero-order valence-corrected chi connectivity index (χ0v) is 13.9. The number of nitrogens with two attached hydrogens (primary N) is 1. The van der Waals surface area contributed by atoms with Crippen molar-refractivity contribution in [2.75, 3.05) is 12.5 Å². The van der Waals surface area contributed by atoms with Gasteiger partial charge in [0.25, 0.3) is 5.56 Å². The summed E-state index contributed by atoms with van der Waals surface area (Å²) in [4.78, 5) is 17.3. The van der Waals surface area contributed by atoms with Crippen LogP contribution in [0.25, 0.3) is 16.6 Å². The molecule has 1 aromatic heterocycles. The highest BCUT2D eigenvalue weighted by atomic mass is 127. The highest BCUT2D eigenvalue weighted by molar-refractivity contribution is 14.1. The van der Waals surface area contributed by atoms with Crippen LogP contribution in [0.2, 0.25) is 0 Å². The average molecular weight is 408 g/mol. The van der Waals surface area contributed by atoms with Crippen molar-refractivity contribution in [1.29, 1.82) is 0 Å². The van der Waals surface area contributed by atoms with E-state index in [2.05, 4.69) is 33.0 Å². The van der Waals surface area contributed by atoms with E-state index >= 15 is 0 Å². The Morgan fingerprint density at radius 2 is 1.95 bits per heavy atom. The van der Waals surface area contributed by atoms with Crippen LogP contribution in [0, 0.1) is 3.57 Å². The summed E-state index contributed by atoms with van der Waals surface area (Å²) in [5, 5.41) is 0.543. The lowest BCUT2D eigenvalue weighted by Gasteiger charge is -2.13. The number of hydrogen-bond donors (Lipinski definition) is 2. The summed E-state index contributed by atoms with van der Waals surface area (Å²) in [6.07, 6.45) is 0. The maximum Gasteiger partial charge on any atom is 0.267 e. The number of nitrogens with one attached hydrogen (secondary N) is 1. The zero-order chi connectivity index (χ0) is 15.7. The summed E-state index contributed by atoms with van der Waals surface area (Å²) in [6.45, 7) is 0. The van der Waals surface area contributed by atoms with Crippen molar-refractivity contribution in [1.82, 2.24) is 9.55 Å². The number of fused-ring (bicyclic) bond motifs is 1. The van der Waals surface area contributed by atoms with Gasteiger partial charge in [0.15, 0.2) is 0 Å². The predicted octanol–water partition coefficient (Wildman–Crippen LogP) is 2.28. The molecule has 0 spiro atoms. The van der Waals surface area contributed by atoms with E-state index in [-0.39, 0.29) is 11.5 Å². The molecule has 1 heterocycles. The summed E-state index contributed by atoms with van der Waals surface area (Å²) >= 11 is 2.15. The van der Waals surface area contributed by atoms with Crippen LogP contribution < -0.4 is 21.6 Å². The van der Waals surface area contributed by atoms with Gasteiger partial charge in [0.1, 0.15) is 5.75 Å².